The zero-order valence-electron chi connectivity index (χ0n) is 10.7. The molecule has 2 aromatic rings. The van der Waals surface area contributed by atoms with Crippen molar-refractivity contribution >= 4 is 0 Å². The van der Waals surface area contributed by atoms with Crippen molar-refractivity contribution in [3.05, 3.63) is 59.5 Å². The van der Waals surface area contributed by atoms with Gasteiger partial charge in [-0.25, -0.2) is 0 Å². The van der Waals surface area contributed by atoms with Crippen molar-refractivity contribution in [2.45, 2.75) is 26.7 Å². The topological polar surface area (TPSA) is 34.4 Å². The maximum Gasteiger partial charge on any atom is 0.123 e. The number of hydrogen-bond donors (Lipinski definition) is 1. The Balaban J connectivity index is 1.81. The van der Waals surface area contributed by atoms with E-state index in [9.17, 15) is 0 Å². The maximum atomic E-state index is 5.70. The average molecular weight is 245 g/mol. The van der Waals surface area contributed by atoms with Crippen molar-refractivity contribution in [2.24, 2.45) is 0 Å². The third kappa shape index (κ3) is 3.72. The smallest absolute Gasteiger partial charge is 0.123 e. The van der Waals surface area contributed by atoms with Crippen LogP contribution in [0.2, 0.25) is 0 Å². The molecule has 0 unspecified atom stereocenters. The highest BCUT2D eigenvalue weighted by Gasteiger charge is 2.05. The van der Waals surface area contributed by atoms with E-state index in [4.69, 9.17) is 9.15 Å². The van der Waals surface area contributed by atoms with Crippen LogP contribution in [0.4, 0.5) is 0 Å². The second kappa shape index (κ2) is 6.99. The highest BCUT2D eigenvalue weighted by Crippen LogP contribution is 2.12. The fourth-order valence-corrected chi connectivity index (χ4v) is 1.74. The van der Waals surface area contributed by atoms with E-state index in [0.717, 1.165) is 24.4 Å². The van der Waals surface area contributed by atoms with Gasteiger partial charge < -0.3 is 14.5 Å². The lowest BCUT2D eigenvalue weighted by molar-refractivity contribution is 0.106. The summed E-state index contributed by atoms with van der Waals surface area (Å²) < 4.78 is 11.1. The molecule has 3 nitrogen and oxygen atoms in total. The molecule has 0 atom stereocenters. The minimum absolute atomic E-state index is 0.589. The van der Waals surface area contributed by atoms with Gasteiger partial charge in [0.25, 0.3) is 0 Å². The largest absolute Gasteiger partial charge is 0.468 e. The molecular weight excluding hydrogens is 226 g/mol. The molecule has 0 saturated heterocycles. The van der Waals surface area contributed by atoms with Crippen LogP contribution in [0.25, 0.3) is 0 Å². The SMILES string of the molecule is CCNCc1occc1COCc1ccccc1. The molecule has 1 N–H and O–H groups in total. The summed E-state index contributed by atoms with van der Waals surface area (Å²) >= 11 is 0. The Hall–Kier alpha value is -1.58. The highest BCUT2D eigenvalue weighted by molar-refractivity contribution is 5.16. The molecule has 0 aliphatic carbocycles. The van der Waals surface area contributed by atoms with Crippen molar-refractivity contribution < 1.29 is 9.15 Å². The van der Waals surface area contributed by atoms with Gasteiger partial charge in [0.15, 0.2) is 0 Å². The van der Waals surface area contributed by atoms with Crippen LogP contribution in [0.5, 0.6) is 0 Å². The first kappa shape index (κ1) is 12.9. The number of rotatable bonds is 7. The zero-order chi connectivity index (χ0) is 12.6. The number of nitrogens with one attached hydrogen (secondary N) is 1. The summed E-state index contributed by atoms with van der Waals surface area (Å²) in [6, 6.07) is 12.1. The maximum absolute atomic E-state index is 5.70. The molecule has 3 heteroatoms. The van der Waals surface area contributed by atoms with E-state index in [1.807, 2.05) is 24.3 Å². The summed E-state index contributed by atoms with van der Waals surface area (Å²) in [7, 11) is 0. The summed E-state index contributed by atoms with van der Waals surface area (Å²) in [6.07, 6.45) is 1.72. The first-order chi connectivity index (χ1) is 8.90. The van der Waals surface area contributed by atoms with Gasteiger partial charge in [-0.15, -0.1) is 0 Å². The van der Waals surface area contributed by atoms with Gasteiger partial charge in [-0.2, -0.15) is 0 Å². The highest BCUT2D eigenvalue weighted by atomic mass is 16.5. The van der Waals surface area contributed by atoms with Crippen LogP contribution in [-0.4, -0.2) is 6.54 Å². The molecule has 0 aliphatic heterocycles. The van der Waals surface area contributed by atoms with E-state index in [1.165, 1.54) is 5.56 Å². The van der Waals surface area contributed by atoms with E-state index in [-0.39, 0.29) is 0 Å². The Labute approximate surface area is 108 Å². The van der Waals surface area contributed by atoms with Gasteiger partial charge in [0.2, 0.25) is 0 Å². The van der Waals surface area contributed by atoms with E-state index in [1.54, 1.807) is 6.26 Å². The Kier molecular flexibility index (Phi) is 5.00. The molecule has 0 radical (unpaired) electrons. The summed E-state index contributed by atoms with van der Waals surface area (Å²) in [6.45, 7) is 4.99. The van der Waals surface area contributed by atoms with Gasteiger partial charge in [0, 0.05) is 5.56 Å². The van der Waals surface area contributed by atoms with Crippen molar-refractivity contribution in [1.29, 1.82) is 0 Å². The van der Waals surface area contributed by atoms with Crippen LogP contribution < -0.4 is 5.32 Å². The first-order valence-corrected chi connectivity index (χ1v) is 6.27. The second-order valence-corrected chi connectivity index (χ2v) is 4.13. The molecule has 1 aromatic heterocycles. The third-order valence-electron chi connectivity index (χ3n) is 2.74. The Morgan fingerprint density at radius 3 is 2.72 bits per heavy atom. The summed E-state index contributed by atoms with van der Waals surface area (Å²) in [5.74, 6) is 0.963. The van der Waals surface area contributed by atoms with Gasteiger partial charge in [0.1, 0.15) is 5.76 Å². The van der Waals surface area contributed by atoms with Crippen molar-refractivity contribution in [2.75, 3.05) is 6.54 Å². The van der Waals surface area contributed by atoms with Crippen LogP contribution in [0.15, 0.2) is 47.1 Å². The molecule has 0 spiro atoms. The van der Waals surface area contributed by atoms with Crippen LogP contribution >= 0.6 is 0 Å². The second-order valence-electron chi connectivity index (χ2n) is 4.13. The van der Waals surface area contributed by atoms with E-state index >= 15 is 0 Å². The van der Waals surface area contributed by atoms with Crippen molar-refractivity contribution in [1.82, 2.24) is 5.32 Å². The fourth-order valence-electron chi connectivity index (χ4n) is 1.74. The Morgan fingerprint density at radius 1 is 1.11 bits per heavy atom. The minimum atomic E-state index is 0.589. The number of benzene rings is 1. The summed E-state index contributed by atoms with van der Waals surface area (Å²) in [5, 5.41) is 3.25. The van der Waals surface area contributed by atoms with Crippen molar-refractivity contribution in [3.8, 4) is 0 Å². The van der Waals surface area contributed by atoms with Crippen LogP contribution in [0.3, 0.4) is 0 Å². The van der Waals surface area contributed by atoms with Crippen molar-refractivity contribution in [3.63, 3.8) is 0 Å². The predicted molar refractivity (Wildman–Crippen MR) is 71.0 cm³/mol. The van der Waals surface area contributed by atoms with Crippen LogP contribution in [-0.2, 0) is 24.5 Å². The van der Waals surface area contributed by atoms with Crippen LogP contribution in [0, 0.1) is 0 Å². The molecule has 0 aliphatic rings. The molecule has 1 aromatic carbocycles. The summed E-state index contributed by atoms with van der Waals surface area (Å²) in [5.41, 5.74) is 2.31. The van der Waals surface area contributed by atoms with Gasteiger partial charge in [0.05, 0.1) is 26.0 Å². The molecule has 2 rings (SSSR count). The third-order valence-corrected chi connectivity index (χ3v) is 2.74. The lowest BCUT2D eigenvalue weighted by Gasteiger charge is -2.05. The van der Waals surface area contributed by atoms with Crippen LogP contribution in [0.1, 0.15) is 23.8 Å². The number of ether oxygens (including phenoxy) is 1. The normalized spacial score (nSPS) is 10.7. The molecule has 0 amide bonds. The van der Waals surface area contributed by atoms with Gasteiger partial charge in [-0.05, 0) is 18.2 Å². The lowest BCUT2D eigenvalue weighted by atomic mass is 10.2. The zero-order valence-corrected chi connectivity index (χ0v) is 10.7. The van der Waals surface area contributed by atoms with Gasteiger partial charge in [-0.1, -0.05) is 37.3 Å². The molecule has 0 saturated carbocycles. The molecular formula is C15H19NO2. The fraction of sp³-hybridized carbons (Fsp3) is 0.333. The molecule has 1 heterocycles. The van der Waals surface area contributed by atoms with E-state index in [2.05, 4.69) is 24.4 Å². The predicted octanol–water partition coefficient (Wildman–Crippen LogP) is 3.11. The van der Waals surface area contributed by atoms with E-state index < -0.39 is 0 Å². The van der Waals surface area contributed by atoms with Gasteiger partial charge in [-0.3, -0.25) is 0 Å². The average Bonchev–Trinajstić information content (AvgIpc) is 2.85. The minimum Gasteiger partial charge on any atom is -0.468 e. The molecule has 0 bridgehead atoms. The molecule has 96 valence electrons. The molecule has 18 heavy (non-hydrogen) atoms. The Morgan fingerprint density at radius 2 is 1.94 bits per heavy atom. The molecule has 0 fully saturated rings. The Bertz CT molecular complexity index is 451. The number of furan rings is 1. The van der Waals surface area contributed by atoms with Gasteiger partial charge >= 0.3 is 0 Å². The standard InChI is InChI=1S/C15H19NO2/c1-2-16-10-15-14(8-9-18-15)12-17-11-13-6-4-3-5-7-13/h3-9,16H,2,10-12H2,1H3. The monoisotopic (exact) mass is 245 g/mol. The summed E-state index contributed by atoms with van der Waals surface area (Å²) in [4.78, 5) is 0. The lowest BCUT2D eigenvalue weighted by Crippen LogP contribution is -2.12. The number of hydrogen-bond acceptors (Lipinski definition) is 3. The van der Waals surface area contributed by atoms with E-state index in [0.29, 0.717) is 13.2 Å². The first-order valence-electron chi connectivity index (χ1n) is 6.27. The quantitative estimate of drug-likeness (QED) is 0.814.